The topological polar surface area (TPSA) is 102 Å². The molecule has 0 atom stereocenters. The SMILES string of the molecule is Cn1nc(CN2C=CC=CN2)nc1COc1nn2c(-c3ccccc3)nnc2cc1N1CCCC1. The van der Waals surface area contributed by atoms with E-state index in [2.05, 4.69) is 30.6 Å². The summed E-state index contributed by atoms with van der Waals surface area (Å²) in [4.78, 5) is 6.97. The van der Waals surface area contributed by atoms with Gasteiger partial charge < -0.3 is 15.1 Å². The Morgan fingerprint density at radius 1 is 1.03 bits per heavy atom. The lowest BCUT2D eigenvalue weighted by Crippen LogP contribution is -2.30. The number of hydrazine groups is 1. The van der Waals surface area contributed by atoms with Gasteiger partial charge in [-0.1, -0.05) is 30.3 Å². The van der Waals surface area contributed by atoms with Crippen molar-refractivity contribution >= 4 is 11.3 Å². The lowest BCUT2D eigenvalue weighted by atomic mass is 10.2. The van der Waals surface area contributed by atoms with Crippen molar-refractivity contribution in [3.63, 3.8) is 0 Å². The minimum absolute atomic E-state index is 0.245. The molecule has 3 aromatic heterocycles. The number of ether oxygens (including phenoxy) is 1. The van der Waals surface area contributed by atoms with E-state index in [1.165, 1.54) is 0 Å². The Hall–Kier alpha value is -4.41. The third kappa shape index (κ3) is 4.27. The molecule has 11 nitrogen and oxygen atoms in total. The van der Waals surface area contributed by atoms with Gasteiger partial charge in [0.25, 0.3) is 5.88 Å². The summed E-state index contributed by atoms with van der Waals surface area (Å²) in [5.74, 6) is 2.63. The van der Waals surface area contributed by atoms with Gasteiger partial charge >= 0.3 is 0 Å². The van der Waals surface area contributed by atoms with Crippen molar-refractivity contribution < 1.29 is 4.74 Å². The molecule has 178 valence electrons. The highest BCUT2D eigenvalue weighted by atomic mass is 16.5. The number of benzene rings is 1. The lowest BCUT2D eigenvalue weighted by molar-refractivity contribution is 0.274. The van der Waals surface area contributed by atoms with Crippen molar-refractivity contribution in [2.45, 2.75) is 26.0 Å². The Kier molecular flexibility index (Phi) is 5.49. The normalized spacial score (nSPS) is 15.2. The summed E-state index contributed by atoms with van der Waals surface area (Å²) < 4.78 is 9.78. The Morgan fingerprint density at radius 2 is 1.89 bits per heavy atom. The van der Waals surface area contributed by atoms with Gasteiger partial charge in [0.05, 0.1) is 0 Å². The molecule has 1 aromatic carbocycles. The fourth-order valence-corrected chi connectivity index (χ4v) is 4.30. The third-order valence-electron chi connectivity index (χ3n) is 6.08. The third-order valence-corrected chi connectivity index (χ3v) is 6.08. The molecule has 4 aromatic rings. The second kappa shape index (κ2) is 9.09. The molecule has 0 bridgehead atoms. The first-order chi connectivity index (χ1) is 17.2. The fourth-order valence-electron chi connectivity index (χ4n) is 4.30. The summed E-state index contributed by atoms with van der Waals surface area (Å²) in [5, 5.41) is 20.1. The van der Waals surface area contributed by atoms with Crippen LogP contribution in [0.5, 0.6) is 5.88 Å². The van der Waals surface area contributed by atoms with Gasteiger partial charge in [-0.15, -0.1) is 15.3 Å². The molecular formula is C24H26N10O. The zero-order valence-corrected chi connectivity index (χ0v) is 19.4. The smallest absolute Gasteiger partial charge is 0.256 e. The zero-order valence-electron chi connectivity index (χ0n) is 19.4. The summed E-state index contributed by atoms with van der Waals surface area (Å²) in [5.41, 5.74) is 5.71. The van der Waals surface area contributed by atoms with Crippen molar-refractivity contribution in [1.82, 2.24) is 45.0 Å². The molecule has 0 amide bonds. The Labute approximate surface area is 202 Å². The predicted octanol–water partition coefficient (Wildman–Crippen LogP) is 2.45. The molecule has 1 fully saturated rings. The number of aromatic nitrogens is 7. The van der Waals surface area contributed by atoms with Gasteiger partial charge in [0, 0.05) is 44.2 Å². The number of aryl methyl sites for hydroxylation is 1. The van der Waals surface area contributed by atoms with Crippen molar-refractivity contribution in [3.8, 4) is 17.3 Å². The highest BCUT2D eigenvalue weighted by Crippen LogP contribution is 2.31. The summed E-state index contributed by atoms with van der Waals surface area (Å²) >= 11 is 0. The monoisotopic (exact) mass is 470 g/mol. The summed E-state index contributed by atoms with van der Waals surface area (Å²) in [7, 11) is 1.87. The summed E-state index contributed by atoms with van der Waals surface area (Å²) in [6.07, 6.45) is 9.99. The fraction of sp³-hybridized carbons (Fsp3) is 0.292. The molecule has 0 spiro atoms. The van der Waals surface area contributed by atoms with E-state index in [1.807, 2.05) is 73.0 Å². The molecule has 0 radical (unpaired) electrons. The van der Waals surface area contributed by atoms with Crippen molar-refractivity contribution in [2.75, 3.05) is 18.0 Å². The van der Waals surface area contributed by atoms with E-state index in [0.717, 1.165) is 43.0 Å². The molecule has 35 heavy (non-hydrogen) atoms. The van der Waals surface area contributed by atoms with Gasteiger partial charge in [0.1, 0.15) is 18.8 Å². The maximum atomic E-state index is 6.28. The van der Waals surface area contributed by atoms with Gasteiger partial charge in [-0.05, 0) is 25.0 Å². The number of allylic oxidation sites excluding steroid dienone is 2. The first-order valence-corrected chi connectivity index (χ1v) is 11.7. The van der Waals surface area contributed by atoms with Crippen molar-refractivity contribution in [1.29, 1.82) is 0 Å². The average molecular weight is 471 g/mol. The van der Waals surface area contributed by atoms with E-state index in [9.17, 15) is 0 Å². The number of hydrogen-bond donors (Lipinski definition) is 1. The van der Waals surface area contributed by atoms with Crippen LogP contribution >= 0.6 is 0 Å². The summed E-state index contributed by atoms with van der Waals surface area (Å²) in [6.45, 7) is 2.72. The van der Waals surface area contributed by atoms with Gasteiger partial charge in [-0.3, -0.25) is 5.01 Å². The Balaban J connectivity index is 1.29. The zero-order chi connectivity index (χ0) is 23.6. The van der Waals surface area contributed by atoms with Crippen molar-refractivity contribution in [3.05, 3.63) is 72.6 Å². The van der Waals surface area contributed by atoms with E-state index in [0.29, 0.717) is 29.7 Å². The van der Waals surface area contributed by atoms with Crippen LogP contribution in [0.3, 0.4) is 0 Å². The van der Waals surface area contributed by atoms with Gasteiger partial charge in [0.15, 0.2) is 23.1 Å². The maximum Gasteiger partial charge on any atom is 0.256 e. The van der Waals surface area contributed by atoms with Crippen LogP contribution in [-0.2, 0) is 20.2 Å². The number of anilines is 1. The molecular weight excluding hydrogens is 444 g/mol. The van der Waals surface area contributed by atoms with E-state index >= 15 is 0 Å². The average Bonchev–Trinajstić information content (AvgIpc) is 3.63. The first kappa shape index (κ1) is 21.1. The van der Waals surface area contributed by atoms with Gasteiger partial charge in [-0.2, -0.15) is 9.61 Å². The lowest BCUT2D eigenvalue weighted by Gasteiger charge is -2.20. The van der Waals surface area contributed by atoms with Crippen LogP contribution in [0.4, 0.5) is 5.69 Å². The highest BCUT2D eigenvalue weighted by Gasteiger charge is 2.22. The molecule has 2 aliphatic heterocycles. The van der Waals surface area contributed by atoms with Crippen LogP contribution in [-0.4, -0.2) is 52.7 Å². The molecule has 2 aliphatic rings. The second-order valence-electron chi connectivity index (χ2n) is 8.50. The highest BCUT2D eigenvalue weighted by molar-refractivity contribution is 5.65. The van der Waals surface area contributed by atoms with Crippen LogP contribution in [0.15, 0.2) is 61.0 Å². The van der Waals surface area contributed by atoms with Crippen LogP contribution in [0.25, 0.3) is 17.0 Å². The molecule has 0 aliphatic carbocycles. The predicted molar refractivity (Wildman–Crippen MR) is 130 cm³/mol. The van der Waals surface area contributed by atoms with Crippen LogP contribution < -0.4 is 15.1 Å². The molecule has 0 saturated carbocycles. The summed E-state index contributed by atoms with van der Waals surface area (Å²) in [6, 6.07) is 11.9. The number of fused-ring (bicyclic) bond motifs is 1. The second-order valence-corrected chi connectivity index (χ2v) is 8.50. The molecule has 11 heteroatoms. The van der Waals surface area contributed by atoms with E-state index in [-0.39, 0.29) is 6.61 Å². The number of nitrogens with one attached hydrogen (secondary N) is 1. The largest absolute Gasteiger partial charge is 0.467 e. The molecule has 6 rings (SSSR count). The Morgan fingerprint density at radius 3 is 2.69 bits per heavy atom. The van der Waals surface area contributed by atoms with E-state index < -0.39 is 0 Å². The van der Waals surface area contributed by atoms with Crippen molar-refractivity contribution in [2.24, 2.45) is 7.05 Å². The molecule has 1 saturated heterocycles. The number of nitrogens with zero attached hydrogens (tertiary/aromatic N) is 9. The molecule has 5 heterocycles. The van der Waals surface area contributed by atoms with Crippen LogP contribution in [0, 0.1) is 0 Å². The standard InChI is InChI=1S/C24H26N10O/c1-31-22(26-20(29-31)16-33-14-6-5-11-25-33)17-35-24-19(32-12-7-8-13-32)15-21-27-28-23(34(21)30-24)18-9-3-2-4-10-18/h2-6,9-11,14-15,25H,7-8,12-13,16-17H2,1H3. The minimum Gasteiger partial charge on any atom is -0.467 e. The number of rotatable bonds is 7. The quantitative estimate of drug-likeness (QED) is 0.436. The van der Waals surface area contributed by atoms with Gasteiger partial charge in [-0.25, -0.2) is 9.67 Å². The maximum absolute atomic E-state index is 6.28. The van der Waals surface area contributed by atoms with Gasteiger partial charge in [0.2, 0.25) is 0 Å². The molecule has 1 N–H and O–H groups in total. The minimum atomic E-state index is 0.245. The molecule has 0 unspecified atom stereocenters. The van der Waals surface area contributed by atoms with E-state index in [1.54, 1.807) is 9.20 Å². The van der Waals surface area contributed by atoms with Crippen LogP contribution in [0.1, 0.15) is 24.5 Å². The van der Waals surface area contributed by atoms with Crippen LogP contribution in [0.2, 0.25) is 0 Å². The number of hydrogen-bond acceptors (Lipinski definition) is 9. The Bertz CT molecular complexity index is 1380. The van der Waals surface area contributed by atoms with E-state index in [4.69, 9.17) is 9.84 Å². The first-order valence-electron chi connectivity index (χ1n) is 11.7.